The number of hydrogen-bond acceptors (Lipinski definition) is 2. The number of carbonyl (C=O) groups is 1. The fraction of sp³-hybridized carbons (Fsp3) is 0.167. The molecule has 0 fully saturated rings. The highest BCUT2D eigenvalue weighted by Crippen LogP contribution is 2.24. The van der Waals surface area contributed by atoms with Gasteiger partial charge in [0.2, 0.25) is 5.91 Å². The highest BCUT2D eigenvalue weighted by atomic mass is 35.5. The van der Waals surface area contributed by atoms with E-state index in [0.717, 1.165) is 17.6 Å². The second kappa shape index (κ2) is 7.60. The lowest BCUT2D eigenvalue weighted by Gasteiger charge is -2.08. The van der Waals surface area contributed by atoms with Gasteiger partial charge in [0.15, 0.2) is 0 Å². The van der Waals surface area contributed by atoms with Gasteiger partial charge in [-0.05, 0) is 36.2 Å². The topological polar surface area (TPSA) is 56.9 Å². The number of rotatable bonds is 6. The average molecular weight is 362 g/mol. The van der Waals surface area contributed by atoms with Crippen LogP contribution in [0.15, 0.2) is 48.7 Å². The molecule has 6 heteroatoms. The lowest BCUT2D eigenvalue weighted by Crippen LogP contribution is -2.31. The van der Waals surface area contributed by atoms with E-state index in [1.54, 1.807) is 18.2 Å². The fourth-order valence-electron chi connectivity index (χ4n) is 2.53. The van der Waals surface area contributed by atoms with Crippen LogP contribution >= 0.6 is 23.2 Å². The number of benzene rings is 2. The zero-order chi connectivity index (χ0) is 16.9. The number of hydrogen-bond donors (Lipinski definition) is 3. The molecule has 124 valence electrons. The molecule has 0 atom stereocenters. The first-order chi connectivity index (χ1) is 11.6. The minimum absolute atomic E-state index is 0.0686. The SMILES string of the molecule is O=C(CNc1ccc(Cl)c(Cl)c1)NCCc1c[nH]c2ccccc12. The number of aromatic nitrogens is 1. The van der Waals surface area contributed by atoms with E-state index in [4.69, 9.17) is 23.2 Å². The fourth-order valence-corrected chi connectivity index (χ4v) is 2.82. The van der Waals surface area contributed by atoms with E-state index in [2.05, 4.69) is 21.7 Å². The zero-order valence-electron chi connectivity index (χ0n) is 12.9. The van der Waals surface area contributed by atoms with Crippen molar-refractivity contribution in [3.05, 3.63) is 64.3 Å². The molecule has 0 saturated carbocycles. The monoisotopic (exact) mass is 361 g/mol. The van der Waals surface area contributed by atoms with Gasteiger partial charge < -0.3 is 15.6 Å². The second-order valence-corrected chi connectivity index (χ2v) is 6.26. The number of aromatic amines is 1. The smallest absolute Gasteiger partial charge is 0.239 e. The molecule has 4 nitrogen and oxygen atoms in total. The summed E-state index contributed by atoms with van der Waals surface area (Å²) in [6.07, 6.45) is 2.77. The van der Waals surface area contributed by atoms with Crippen LogP contribution in [0.2, 0.25) is 10.0 Å². The molecule has 0 aliphatic carbocycles. The van der Waals surface area contributed by atoms with Gasteiger partial charge in [0.05, 0.1) is 16.6 Å². The number of anilines is 1. The largest absolute Gasteiger partial charge is 0.376 e. The first kappa shape index (κ1) is 16.7. The maximum absolute atomic E-state index is 11.9. The summed E-state index contributed by atoms with van der Waals surface area (Å²) in [4.78, 5) is 15.2. The summed E-state index contributed by atoms with van der Waals surface area (Å²) in [5, 5.41) is 8.08. The normalized spacial score (nSPS) is 10.8. The number of nitrogens with one attached hydrogen (secondary N) is 3. The first-order valence-electron chi connectivity index (χ1n) is 7.64. The van der Waals surface area contributed by atoms with Gasteiger partial charge in [0.25, 0.3) is 0 Å². The minimum atomic E-state index is -0.0686. The van der Waals surface area contributed by atoms with Gasteiger partial charge in [-0.1, -0.05) is 41.4 Å². The molecule has 1 aromatic heterocycles. The predicted molar refractivity (Wildman–Crippen MR) is 100.0 cm³/mol. The maximum Gasteiger partial charge on any atom is 0.239 e. The molecule has 24 heavy (non-hydrogen) atoms. The van der Waals surface area contributed by atoms with Crippen LogP contribution in [0.3, 0.4) is 0 Å². The standard InChI is InChI=1S/C18H17Cl2N3O/c19-15-6-5-13(9-16(15)20)22-11-18(24)21-8-7-12-10-23-17-4-2-1-3-14(12)17/h1-6,9-10,22-23H,7-8,11H2,(H,21,24). The number of amides is 1. The van der Waals surface area contributed by atoms with Crippen LogP contribution in [0.4, 0.5) is 5.69 Å². The van der Waals surface area contributed by atoms with Gasteiger partial charge in [0.1, 0.15) is 0 Å². The van der Waals surface area contributed by atoms with Gasteiger partial charge in [-0.3, -0.25) is 4.79 Å². The third-order valence-corrected chi connectivity index (χ3v) is 4.50. The Morgan fingerprint density at radius 2 is 1.92 bits per heavy atom. The Labute approximate surface area is 150 Å². The van der Waals surface area contributed by atoms with Crippen molar-refractivity contribution in [3.63, 3.8) is 0 Å². The van der Waals surface area contributed by atoms with Crippen molar-refractivity contribution in [2.45, 2.75) is 6.42 Å². The number of H-pyrrole nitrogens is 1. The molecule has 3 rings (SSSR count). The molecule has 0 unspecified atom stereocenters. The van der Waals surface area contributed by atoms with E-state index in [-0.39, 0.29) is 12.5 Å². The van der Waals surface area contributed by atoms with Gasteiger partial charge in [-0.15, -0.1) is 0 Å². The van der Waals surface area contributed by atoms with E-state index >= 15 is 0 Å². The second-order valence-electron chi connectivity index (χ2n) is 5.44. The first-order valence-corrected chi connectivity index (χ1v) is 8.39. The van der Waals surface area contributed by atoms with Crippen LogP contribution in [0.25, 0.3) is 10.9 Å². The van der Waals surface area contributed by atoms with Crippen LogP contribution in [0.5, 0.6) is 0 Å². The Bertz CT molecular complexity index is 860. The summed E-state index contributed by atoms with van der Waals surface area (Å²) in [5.74, 6) is -0.0686. The lowest BCUT2D eigenvalue weighted by atomic mass is 10.1. The van der Waals surface area contributed by atoms with Crippen molar-refractivity contribution in [3.8, 4) is 0 Å². The van der Waals surface area contributed by atoms with Crippen LogP contribution in [0, 0.1) is 0 Å². The van der Waals surface area contributed by atoms with E-state index in [0.29, 0.717) is 16.6 Å². The molecule has 1 amide bonds. The summed E-state index contributed by atoms with van der Waals surface area (Å²) in [6.45, 7) is 0.773. The van der Waals surface area contributed by atoms with E-state index in [1.165, 1.54) is 10.9 Å². The van der Waals surface area contributed by atoms with Gasteiger partial charge in [0, 0.05) is 29.3 Å². The van der Waals surface area contributed by atoms with Crippen LogP contribution in [-0.2, 0) is 11.2 Å². The van der Waals surface area contributed by atoms with Gasteiger partial charge >= 0.3 is 0 Å². The summed E-state index contributed by atoms with van der Waals surface area (Å²) in [6, 6.07) is 13.3. The van der Waals surface area contributed by atoms with Crippen molar-refractivity contribution in [1.82, 2.24) is 10.3 Å². The molecule has 0 saturated heterocycles. The van der Waals surface area contributed by atoms with Crippen LogP contribution in [-0.4, -0.2) is 24.0 Å². The molecule has 1 heterocycles. The Balaban J connectivity index is 1.46. The number of fused-ring (bicyclic) bond motifs is 1. The van der Waals surface area contributed by atoms with Gasteiger partial charge in [-0.25, -0.2) is 0 Å². The van der Waals surface area contributed by atoms with Gasteiger partial charge in [-0.2, -0.15) is 0 Å². The van der Waals surface area contributed by atoms with Crippen molar-refractivity contribution in [2.75, 3.05) is 18.4 Å². The molecule has 0 aliphatic rings. The molecule has 0 radical (unpaired) electrons. The van der Waals surface area contributed by atoms with E-state index in [9.17, 15) is 4.79 Å². The molecular weight excluding hydrogens is 345 g/mol. The third kappa shape index (κ3) is 4.02. The lowest BCUT2D eigenvalue weighted by molar-refractivity contribution is -0.119. The Kier molecular flexibility index (Phi) is 5.28. The molecule has 0 aliphatic heterocycles. The van der Waals surface area contributed by atoms with Crippen molar-refractivity contribution < 1.29 is 4.79 Å². The van der Waals surface area contributed by atoms with Crippen molar-refractivity contribution in [2.24, 2.45) is 0 Å². The summed E-state index contributed by atoms with van der Waals surface area (Å²) < 4.78 is 0. The molecule has 0 spiro atoms. The highest BCUT2D eigenvalue weighted by molar-refractivity contribution is 6.42. The zero-order valence-corrected chi connectivity index (χ0v) is 14.4. The molecule has 3 N–H and O–H groups in total. The number of halogens is 2. The third-order valence-electron chi connectivity index (χ3n) is 3.76. The highest BCUT2D eigenvalue weighted by Gasteiger charge is 2.05. The van der Waals surface area contributed by atoms with Crippen LogP contribution < -0.4 is 10.6 Å². The van der Waals surface area contributed by atoms with Crippen molar-refractivity contribution >= 4 is 45.7 Å². The average Bonchev–Trinajstić information content (AvgIpc) is 2.99. The number of para-hydroxylation sites is 1. The van der Waals surface area contributed by atoms with Crippen LogP contribution in [0.1, 0.15) is 5.56 Å². The molecule has 0 bridgehead atoms. The molecule has 2 aromatic carbocycles. The Morgan fingerprint density at radius 3 is 2.75 bits per heavy atom. The Morgan fingerprint density at radius 1 is 1.08 bits per heavy atom. The van der Waals surface area contributed by atoms with E-state index in [1.807, 2.05) is 24.4 Å². The van der Waals surface area contributed by atoms with E-state index < -0.39 is 0 Å². The minimum Gasteiger partial charge on any atom is -0.376 e. The maximum atomic E-state index is 11.9. The summed E-state index contributed by atoms with van der Waals surface area (Å²) in [5.41, 5.74) is 3.07. The summed E-state index contributed by atoms with van der Waals surface area (Å²) >= 11 is 11.8. The Hall–Kier alpha value is -2.17. The van der Waals surface area contributed by atoms with Crippen molar-refractivity contribution in [1.29, 1.82) is 0 Å². The predicted octanol–water partition coefficient (Wildman–Crippen LogP) is 4.25. The summed E-state index contributed by atoms with van der Waals surface area (Å²) in [7, 11) is 0. The number of carbonyl (C=O) groups excluding carboxylic acids is 1. The molecule has 3 aromatic rings. The molecular formula is C18H17Cl2N3O. The quantitative estimate of drug-likeness (QED) is 0.614.